The fraction of sp³-hybridized carbons (Fsp3) is 0.450. The van der Waals surface area contributed by atoms with Crippen molar-refractivity contribution in [2.45, 2.75) is 42.7 Å². The lowest BCUT2D eigenvalue weighted by Crippen LogP contribution is -2.48. The Labute approximate surface area is 185 Å². The maximum Gasteiger partial charge on any atom is 0.266 e. The minimum absolute atomic E-state index is 0.0284. The monoisotopic (exact) mass is 474 g/mol. The van der Waals surface area contributed by atoms with E-state index in [4.69, 9.17) is 11.6 Å². The Morgan fingerprint density at radius 3 is 2.71 bits per heavy atom. The maximum atomic E-state index is 14.8. The molecule has 2 atom stereocenters. The molecule has 0 radical (unpaired) electrons. The van der Waals surface area contributed by atoms with Crippen molar-refractivity contribution in [3.8, 4) is 0 Å². The standard InChI is InChI=1S/C20H25ClF2N4O3S/c1-27(9-10-28)17-6-3-2-5-15(17)24-16-12-14(22)18(11-13(16)21)31(29,30)26-20-8-4-7-19(23)25-20/h4,7-8,11-12,15,17,24,28H,2-3,5-6,9-10H2,1H3,(H,25,26)/t15-,17-/m0/s1. The average Bonchev–Trinajstić information content (AvgIpc) is 2.70. The third-order valence-corrected chi connectivity index (χ3v) is 7.04. The molecule has 0 unspecified atom stereocenters. The highest BCUT2D eigenvalue weighted by molar-refractivity contribution is 7.92. The summed E-state index contributed by atoms with van der Waals surface area (Å²) >= 11 is 6.29. The second-order valence-electron chi connectivity index (χ2n) is 7.52. The van der Waals surface area contributed by atoms with Crippen molar-refractivity contribution in [2.75, 3.05) is 30.2 Å². The van der Waals surface area contributed by atoms with Crippen molar-refractivity contribution in [1.82, 2.24) is 9.88 Å². The maximum absolute atomic E-state index is 14.8. The Morgan fingerprint density at radius 1 is 1.26 bits per heavy atom. The van der Waals surface area contributed by atoms with E-state index in [2.05, 4.69) is 19.9 Å². The van der Waals surface area contributed by atoms with Crippen LogP contribution in [0.2, 0.25) is 5.02 Å². The lowest BCUT2D eigenvalue weighted by atomic mass is 9.89. The van der Waals surface area contributed by atoms with Gasteiger partial charge in [0, 0.05) is 18.6 Å². The molecule has 1 aliphatic rings. The first-order valence-corrected chi connectivity index (χ1v) is 11.8. The number of aromatic nitrogens is 1. The van der Waals surface area contributed by atoms with E-state index >= 15 is 0 Å². The van der Waals surface area contributed by atoms with Crippen molar-refractivity contribution in [1.29, 1.82) is 0 Å². The summed E-state index contributed by atoms with van der Waals surface area (Å²) in [7, 11) is -2.45. The number of hydrogen-bond acceptors (Lipinski definition) is 6. The van der Waals surface area contributed by atoms with E-state index in [-0.39, 0.29) is 35.2 Å². The number of nitrogens with zero attached hydrogens (tertiary/aromatic N) is 2. The first-order valence-electron chi connectivity index (χ1n) is 9.93. The zero-order valence-corrected chi connectivity index (χ0v) is 18.6. The third kappa shape index (κ3) is 5.82. The molecule has 3 N–H and O–H groups in total. The second-order valence-corrected chi connectivity index (χ2v) is 9.58. The van der Waals surface area contributed by atoms with Gasteiger partial charge in [0.25, 0.3) is 10.0 Å². The van der Waals surface area contributed by atoms with Gasteiger partial charge in [-0.2, -0.15) is 4.39 Å². The normalized spacial score (nSPS) is 19.4. The second kappa shape index (κ2) is 10.1. The highest BCUT2D eigenvalue weighted by atomic mass is 35.5. The highest BCUT2D eigenvalue weighted by Gasteiger charge is 2.29. The number of nitrogens with one attached hydrogen (secondary N) is 2. The van der Waals surface area contributed by atoms with Gasteiger partial charge in [0.15, 0.2) is 0 Å². The molecule has 0 spiro atoms. The minimum atomic E-state index is -4.37. The van der Waals surface area contributed by atoms with Gasteiger partial charge in [0.1, 0.15) is 16.5 Å². The molecule has 0 bridgehead atoms. The van der Waals surface area contributed by atoms with E-state index in [1.807, 2.05) is 7.05 Å². The number of aliphatic hydroxyl groups excluding tert-OH is 1. The number of rotatable bonds is 8. The predicted molar refractivity (Wildman–Crippen MR) is 116 cm³/mol. The van der Waals surface area contributed by atoms with Crippen molar-refractivity contribution in [2.24, 2.45) is 0 Å². The van der Waals surface area contributed by atoms with Crippen LogP contribution in [0.1, 0.15) is 25.7 Å². The number of hydrogen-bond donors (Lipinski definition) is 3. The molecule has 1 aromatic heterocycles. The summed E-state index contributed by atoms with van der Waals surface area (Å²) in [6, 6.07) is 5.77. The molecule has 1 saturated carbocycles. The van der Waals surface area contributed by atoms with E-state index in [9.17, 15) is 22.3 Å². The van der Waals surface area contributed by atoms with Gasteiger partial charge in [0.05, 0.1) is 17.3 Å². The molecule has 170 valence electrons. The summed E-state index contributed by atoms with van der Waals surface area (Å²) in [5.74, 6) is -2.13. The number of pyridine rings is 1. The summed E-state index contributed by atoms with van der Waals surface area (Å²) in [6.45, 7) is 0.552. The quantitative estimate of drug-likeness (QED) is 0.507. The SMILES string of the molecule is CN(CCO)[C@H]1CCCC[C@@H]1Nc1cc(F)c(S(=O)(=O)Nc2cccc(F)n2)cc1Cl. The van der Waals surface area contributed by atoms with E-state index in [0.29, 0.717) is 6.54 Å². The molecule has 7 nitrogen and oxygen atoms in total. The van der Waals surface area contributed by atoms with Gasteiger partial charge in [-0.1, -0.05) is 30.5 Å². The summed E-state index contributed by atoms with van der Waals surface area (Å²) in [4.78, 5) is 4.81. The van der Waals surface area contributed by atoms with Crippen molar-refractivity contribution in [3.05, 3.63) is 47.1 Å². The first-order chi connectivity index (χ1) is 14.7. The number of aliphatic hydroxyl groups is 1. The van der Waals surface area contributed by atoms with Gasteiger partial charge in [-0.15, -0.1) is 0 Å². The third-order valence-electron chi connectivity index (χ3n) is 5.35. The zero-order valence-electron chi connectivity index (χ0n) is 17.0. The summed E-state index contributed by atoms with van der Waals surface area (Å²) in [6.07, 6.45) is 3.81. The van der Waals surface area contributed by atoms with Gasteiger partial charge in [-0.3, -0.25) is 9.62 Å². The number of sulfonamides is 1. The Bertz CT molecular complexity index is 1030. The molecule has 2 aromatic rings. The van der Waals surface area contributed by atoms with Crippen molar-refractivity contribution < 1.29 is 22.3 Å². The van der Waals surface area contributed by atoms with Gasteiger partial charge >= 0.3 is 0 Å². The largest absolute Gasteiger partial charge is 0.395 e. The molecule has 0 aliphatic heterocycles. The highest BCUT2D eigenvalue weighted by Crippen LogP contribution is 2.32. The van der Waals surface area contributed by atoms with Crippen LogP contribution in [-0.2, 0) is 10.0 Å². The summed E-state index contributed by atoms with van der Waals surface area (Å²) < 4.78 is 55.2. The molecule has 0 saturated heterocycles. The number of likely N-dealkylation sites (N-methyl/N-ethyl adjacent to an activating group) is 1. The minimum Gasteiger partial charge on any atom is -0.395 e. The lowest BCUT2D eigenvalue weighted by Gasteiger charge is -2.38. The van der Waals surface area contributed by atoms with Gasteiger partial charge < -0.3 is 10.4 Å². The summed E-state index contributed by atoms with van der Waals surface area (Å²) in [5.41, 5.74) is 0.288. The van der Waals surface area contributed by atoms with E-state index in [1.165, 1.54) is 12.1 Å². The van der Waals surface area contributed by atoms with E-state index in [1.54, 1.807) is 0 Å². The molecule has 1 aliphatic carbocycles. The Morgan fingerprint density at radius 2 is 2.00 bits per heavy atom. The average molecular weight is 475 g/mol. The molecule has 1 heterocycles. The molecule has 11 heteroatoms. The molecule has 3 rings (SSSR count). The zero-order chi connectivity index (χ0) is 22.6. The fourth-order valence-electron chi connectivity index (χ4n) is 3.83. The predicted octanol–water partition coefficient (Wildman–Crippen LogP) is 3.46. The Kier molecular flexibility index (Phi) is 7.68. The smallest absolute Gasteiger partial charge is 0.266 e. The molecule has 1 aromatic carbocycles. The number of benzene rings is 1. The molecule has 0 amide bonds. The number of anilines is 2. The fourth-order valence-corrected chi connectivity index (χ4v) is 5.20. The first kappa shape index (κ1) is 23.6. The lowest BCUT2D eigenvalue weighted by molar-refractivity contribution is 0.143. The van der Waals surface area contributed by atoms with Crippen LogP contribution in [0.4, 0.5) is 20.3 Å². The van der Waals surface area contributed by atoms with Crippen LogP contribution < -0.4 is 10.0 Å². The van der Waals surface area contributed by atoms with E-state index in [0.717, 1.165) is 43.9 Å². The van der Waals surface area contributed by atoms with Crippen molar-refractivity contribution in [3.63, 3.8) is 0 Å². The Hall–Kier alpha value is -2.01. The van der Waals surface area contributed by atoms with Gasteiger partial charge in [-0.05, 0) is 44.2 Å². The molecular formula is C20H25ClF2N4O3S. The van der Waals surface area contributed by atoms with Crippen LogP contribution >= 0.6 is 11.6 Å². The summed E-state index contributed by atoms with van der Waals surface area (Å²) in [5, 5.41) is 12.5. The number of halogens is 3. The van der Waals surface area contributed by atoms with Gasteiger partial charge in [0.2, 0.25) is 5.95 Å². The van der Waals surface area contributed by atoms with Crippen LogP contribution in [0, 0.1) is 11.8 Å². The van der Waals surface area contributed by atoms with Crippen LogP contribution in [0.15, 0.2) is 35.2 Å². The van der Waals surface area contributed by atoms with Crippen LogP contribution in [0.3, 0.4) is 0 Å². The van der Waals surface area contributed by atoms with E-state index < -0.39 is 26.7 Å². The molecule has 1 fully saturated rings. The topological polar surface area (TPSA) is 94.6 Å². The Balaban J connectivity index is 1.82. The van der Waals surface area contributed by atoms with Crippen LogP contribution in [0.5, 0.6) is 0 Å². The molecule has 31 heavy (non-hydrogen) atoms. The van der Waals surface area contributed by atoms with Crippen LogP contribution in [-0.4, -0.2) is 55.7 Å². The van der Waals surface area contributed by atoms with Crippen LogP contribution in [0.25, 0.3) is 0 Å². The van der Waals surface area contributed by atoms with Gasteiger partial charge in [-0.25, -0.2) is 17.8 Å². The molecular weight excluding hydrogens is 450 g/mol. The van der Waals surface area contributed by atoms with Crippen molar-refractivity contribution >= 4 is 33.1 Å².